The van der Waals surface area contributed by atoms with Gasteiger partial charge in [0, 0.05) is 35.4 Å². The van der Waals surface area contributed by atoms with E-state index in [4.69, 9.17) is 4.74 Å². The maximum atomic E-state index is 12.7. The molecule has 2 aromatic heterocycles. The van der Waals surface area contributed by atoms with E-state index >= 15 is 0 Å². The molecule has 2 aliphatic rings. The van der Waals surface area contributed by atoms with Crippen LogP contribution in [-0.2, 0) is 9.53 Å². The lowest BCUT2D eigenvalue weighted by Crippen LogP contribution is -2.47. The van der Waals surface area contributed by atoms with Crippen LogP contribution in [0.25, 0.3) is 10.2 Å². The molecule has 0 unspecified atom stereocenters. The van der Waals surface area contributed by atoms with Crippen molar-refractivity contribution >= 4 is 39.2 Å². The van der Waals surface area contributed by atoms with E-state index in [2.05, 4.69) is 23.0 Å². The molecule has 2 aliphatic heterocycles. The summed E-state index contributed by atoms with van der Waals surface area (Å²) in [7, 11) is 0. The maximum Gasteiger partial charge on any atom is 0.233 e. The van der Waals surface area contributed by atoms with E-state index < -0.39 is 0 Å². The molecule has 1 atom stereocenters. The van der Waals surface area contributed by atoms with Gasteiger partial charge in [-0.1, -0.05) is 11.8 Å². The van der Waals surface area contributed by atoms with Crippen molar-refractivity contribution in [2.75, 3.05) is 32.1 Å². The summed E-state index contributed by atoms with van der Waals surface area (Å²) in [5.41, 5.74) is 0.214. The molecular formula is C17H21N3O2S2. The van der Waals surface area contributed by atoms with Gasteiger partial charge < -0.3 is 9.64 Å². The van der Waals surface area contributed by atoms with Gasteiger partial charge in [-0.25, -0.2) is 9.97 Å². The third kappa shape index (κ3) is 3.17. The lowest BCUT2D eigenvalue weighted by atomic mass is 9.79. The Bertz CT molecular complexity index is 755. The number of likely N-dealkylation sites (tertiary alicyclic amines) is 1. The number of thiophene rings is 1. The molecule has 1 spiro atoms. The zero-order chi connectivity index (χ0) is 16.6. The molecule has 0 aliphatic carbocycles. The minimum Gasteiger partial charge on any atom is -0.381 e. The Morgan fingerprint density at radius 3 is 3.21 bits per heavy atom. The predicted octanol–water partition coefficient (Wildman–Crippen LogP) is 3.12. The first-order chi connectivity index (χ1) is 11.7. The SMILES string of the molecule is Cc1cc2c(SCC(=O)N3CCC[C@@]4(CCOC4)C3)ncnc2s1. The number of nitrogens with zero attached hydrogens (tertiary/aromatic N) is 3. The molecule has 0 bridgehead atoms. The van der Waals surface area contributed by atoms with Crippen LogP contribution in [0.4, 0.5) is 0 Å². The Morgan fingerprint density at radius 2 is 2.38 bits per heavy atom. The molecule has 2 saturated heterocycles. The highest BCUT2D eigenvalue weighted by molar-refractivity contribution is 8.00. The van der Waals surface area contributed by atoms with Gasteiger partial charge in [-0.15, -0.1) is 11.3 Å². The lowest BCUT2D eigenvalue weighted by molar-refractivity contribution is -0.131. The third-order valence-electron chi connectivity index (χ3n) is 4.95. The van der Waals surface area contributed by atoms with Gasteiger partial charge in [-0.05, 0) is 32.3 Å². The number of rotatable bonds is 3. The number of carbonyl (C=O) groups is 1. The first-order valence-corrected chi connectivity index (χ1v) is 10.1. The first-order valence-electron chi connectivity index (χ1n) is 8.35. The minimum atomic E-state index is 0.213. The van der Waals surface area contributed by atoms with Crippen LogP contribution in [0.3, 0.4) is 0 Å². The highest BCUT2D eigenvalue weighted by Crippen LogP contribution is 2.38. The number of aryl methyl sites for hydroxylation is 1. The van der Waals surface area contributed by atoms with Gasteiger partial charge in [0.25, 0.3) is 0 Å². The van der Waals surface area contributed by atoms with Crippen molar-refractivity contribution in [3.8, 4) is 0 Å². The zero-order valence-corrected chi connectivity index (χ0v) is 15.4. The van der Waals surface area contributed by atoms with Crippen molar-refractivity contribution in [2.45, 2.75) is 31.2 Å². The van der Waals surface area contributed by atoms with Crippen molar-refractivity contribution in [2.24, 2.45) is 5.41 Å². The van der Waals surface area contributed by atoms with Crippen molar-refractivity contribution < 1.29 is 9.53 Å². The van der Waals surface area contributed by atoms with Gasteiger partial charge in [-0.3, -0.25) is 4.79 Å². The number of fused-ring (bicyclic) bond motifs is 1. The van der Waals surface area contributed by atoms with Gasteiger partial charge in [0.05, 0.1) is 12.4 Å². The summed E-state index contributed by atoms with van der Waals surface area (Å²) in [5.74, 6) is 0.655. The molecule has 24 heavy (non-hydrogen) atoms. The Hall–Kier alpha value is -1.18. The Balaban J connectivity index is 1.42. The second kappa shape index (κ2) is 6.61. The van der Waals surface area contributed by atoms with Gasteiger partial charge in [0.1, 0.15) is 16.2 Å². The lowest BCUT2D eigenvalue weighted by Gasteiger charge is -2.39. The third-order valence-corrected chi connectivity index (χ3v) is 6.90. The molecule has 4 rings (SSSR count). The normalized spacial score (nSPS) is 24.1. The Labute approximate surface area is 149 Å². The number of ether oxygens (including phenoxy) is 1. The van der Waals surface area contributed by atoms with Crippen LogP contribution in [0.5, 0.6) is 0 Å². The number of aromatic nitrogens is 2. The van der Waals surface area contributed by atoms with Crippen LogP contribution in [0, 0.1) is 12.3 Å². The summed E-state index contributed by atoms with van der Waals surface area (Å²) in [6.45, 7) is 5.45. The van der Waals surface area contributed by atoms with E-state index in [1.54, 1.807) is 17.7 Å². The predicted molar refractivity (Wildman–Crippen MR) is 96.6 cm³/mol. The van der Waals surface area contributed by atoms with E-state index in [0.717, 1.165) is 54.4 Å². The molecule has 5 nitrogen and oxygen atoms in total. The molecule has 2 fully saturated rings. The van der Waals surface area contributed by atoms with Crippen LogP contribution in [0.1, 0.15) is 24.1 Å². The van der Waals surface area contributed by atoms with Crippen molar-refractivity contribution in [1.29, 1.82) is 0 Å². The van der Waals surface area contributed by atoms with Gasteiger partial charge in [0.2, 0.25) is 5.91 Å². The van der Waals surface area contributed by atoms with Gasteiger partial charge in [0.15, 0.2) is 0 Å². The highest BCUT2D eigenvalue weighted by atomic mass is 32.2. The van der Waals surface area contributed by atoms with Crippen LogP contribution in [-0.4, -0.2) is 52.8 Å². The summed E-state index contributed by atoms with van der Waals surface area (Å²) in [6.07, 6.45) is 4.95. The number of amides is 1. The van der Waals surface area contributed by atoms with Crippen LogP contribution < -0.4 is 0 Å². The van der Waals surface area contributed by atoms with E-state index in [1.807, 2.05) is 4.90 Å². The number of thioether (sulfide) groups is 1. The van der Waals surface area contributed by atoms with E-state index in [-0.39, 0.29) is 11.3 Å². The first kappa shape index (κ1) is 16.3. The number of hydrogen-bond acceptors (Lipinski definition) is 6. The second-order valence-corrected chi connectivity index (χ2v) is 8.96. The van der Waals surface area contributed by atoms with Crippen LogP contribution in [0.15, 0.2) is 17.4 Å². The minimum absolute atomic E-state index is 0.213. The smallest absolute Gasteiger partial charge is 0.233 e. The molecule has 1 amide bonds. The Kier molecular flexibility index (Phi) is 4.49. The molecule has 0 aromatic carbocycles. The molecule has 128 valence electrons. The maximum absolute atomic E-state index is 12.7. The zero-order valence-electron chi connectivity index (χ0n) is 13.8. The van der Waals surface area contributed by atoms with Gasteiger partial charge >= 0.3 is 0 Å². The van der Waals surface area contributed by atoms with Crippen molar-refractivity contribution in [3.63, 3.8) is 0 Å². The largest absolute Gasteiger partial charge is 0.381 e. The average molecular weight is 364 g/mol. The molecule has 0 radical (unpaired) electrons. The summed E-state index contributed by atoms with van der Waals surface area (Å²) in [5, 5.41) is 1.98. The number of hydrogen-bond donors (Lipinski definition) is 0. The number of carbonyl (C=O) groups excluding carboxylic acids is 1. The standard InChI is InChI=1S/C17H21N3O2S2/c1-12-7-13-15(18-11-19-16(13)24-12)23-8-14(21)20-5-2-3-17(9-20)4-6-22-10-17/h7,11H,2-6,8-10H2,1H3/t17-/m1/s1. The van der Waals surface area contributed by atoms with E-state index in [1.165, 1.54) is 23.1 Å². The topological polar surface area (TPSA) is 55.3 Å². The summed E-state index contributed by atoms with van der Waals surface area (Å²) >= 11 is 3.20. The summed E-state index contributed by atoms with van der Waals surface area (Å²) < 4.78 is 5.59. The van der Waals surface area contributed by atoms with Crippen LogP contribution >= 0.6 is 23.1 Å². The van der Waals surface area contributed by atoms with E-state index in [0.29, 0.717) is 5.75 Å². The van der Waals surface area contributed by atoms with E-state index in [9.17, 15) is 4.79 Å². The molecular weight excluding hydrogens is 342 g/mol. The fraction of sp³-hybridized carbons (Fsp3) is 0.588. The fourth-order valence-corrected chi connectivity index (χ4v) is 5.47. The van der Waals surface area contributed by atoms with Gasteiger partial charge in [-0.2, -0.15) is 0 Å². The van der Waals surface area contributed by atoms with Crippen molar-refractivity contribution in [3.05, 3.63) is 17.3 Å². The number of piperidine rings is 1. The Morgan fingerprint density at radius 1 is 1.46 bits per heavy atom. The quantitative estimate of drug-likeness (QED) is 0.619. The van der Waals surface area contributed by atoms with Crippen molar-refractivity contribution in [1.82, 2.24) is 14.9 Å². The summed E-state index contributed by atoms with van der Waals surface area (Å²) in [4.78, 5) is 25.6. The highest BCUT2D eigenvalue weighted by Gasteiger charge is 2.40. The summed E-state index contributed by atoms with van der Waals surface area (Å²) in [6, 6.07) is 2.11. The fourth-order valence-electron chi connectivity index (χ4n) is 3.68. The molecule has 0 saturated carbocycles. The molecule has 7 heteroatoms. The average Bonchev–Trinajstić information content (AvgIpc) is 3.18. The second-order valence-electron chi connectivity index (χ2n) is 6.76. The molecule has 4 heterocycles. The molecule has 2 aromatic rings. The molecule has 0 N–H and O–H groups in total. The monoisotopic (exact) mass is 363 g/mol. The van der Waals surface area contributed by atoms with Crippen LogP contribution in [0.2, 0.25) is 0 Å².